The highest BCUT2D eigenvalue weighted by Crippen LogP contribution is 2.24. The minimum Gasteiger partial charge on any atom is -0.480 e. The number of carbonyl (C=O) groups is 2. The van der Waals surface area contributed by atoms with Crippen LogP contribution in [0.4, 0.5) is 4.39 Å². The highest BCUT2D eigenvalue weighted by atomic mass is 35.5. The lowest BCUT2D eigenvalue weighted by Crippen LogP contribution is -2.48. The normalized spacial score (nSPS) is 15.9. The summed E-state index contributed by atoms with van der Waals surface area (Å²) >= 11 is 5.94. The number of nitrogens with zero attached hydrogens (tertiary/aromatic N) is 2. The average molecular weight is 343 g/mol. The zero-order valence-corrected chi connectivity index (χ0v) is 13.7. The van der Waals surface area contributed by atoms with Crippen molar-refractivity contribution < 1.29 is 19.1 Å². The summed E-state index contributed by atoms with van der Waals surface area (Å²) in [6, 6.07) is 4.30. The van der Waals surface area contributed by atoms with Gasteiger partial charge in [-0.3, -0.25) is 14.5 Å². The van der Waals surface area contributed by atoms with E-state index in [0.717, 1.165) is 0 Å². The maximum Gasteiger partial charge on any atom is 0.317 e. The molecule has 1 aliphatic heterocycles. The summed E-state index contributed by atoms with van der Waals surface area (Å²) in [6.45, 7) is 3.48. The van der Waals surface area contributed by atoms with Gasteiger partial charge in [-0.05, 0) is 31.5 Å². The summed E-state index contributed by atoms with van der Waals surface area (Å²) in [4.78, 5) is 26.8. The van der Waals surface area contributed by atoms with Crippen LogP contribution in [-0.4, -0.2) is 59.0 Å². The van der Waals surface area contributed by atoms with Gasteiger partial charge in [-0.25, -0.2) is 4.39 Å². The minimum atomic E-state index is -0.858. The van der Waals surface area contributed by atoms with Crippen molar-refractivity contribution in [3.05, 3.63) is 34.6 Å². The quantitative estimate of drug-likeness (QED) is 0.893. The topological polar surface area (TPSA) is 60.9 Å². The molecule has 1 amide bonds. The lowest BCUT2D eigenvalue weighted by Gasteiger charge is -2.37. The molecule has 0 saturated carbocycles. The predicted molar refractivity (Wildman–Crippen MR) is 85.2 cm³/mol. The second kappa shape index (κ2) is 7.75. The number of carboxylic acids is 1. The van der Waals surface area contributed by atoms with Gasteiger partial charge < -0.3 is 10.0 Å². The number of halogens is 2. The molecule has 0 radical (unpaired) electrons. The van der Waals surface area contributed by atoms with Gasteiger partial charge in [0.15, 0.2) is 0 Å². The SMILES string of the molecule is CCN(CC(=O)O)C1CCN(C(=O)c2c(F)cccc2Cl)CC1. The highest BCUT2D eigenvalue weighted by Gasteiger charge is 2.29. The third kappa shape index (κ3) is 4.20. The smallest absolute Gasteiger partial charge is 0.317 e. The Labute approximate surface area is 139 Å². The van der Waals surface area contributed by atoms with Crippen LogP contribution in [0.1, 0.15) is 30.1 Å². The van der Waals surface area contributed by atoms with Crippen molar-refractivity contribution in [3.8, 4) is 0 Å². The van der Waals surface area contributed by atoms with Crippen LogP contribution in [0.25, 0.3) is 0 Å². The summed E-state index contributed by atoms with van der Waals surface area (Å²) in [5, 5.41) is 9.04. The molecule has 0 bridgehead atoms. The summed E-state index contributed by atoms with van der Waals surface area (Å²) in [5.74, 6) is -1.89. The number of likely N-dealkylation sites (N-methyl/N-ethyl adjacent to an activating group) is 1. The number of hydrogen-bond donors (Lipinski definition) is 1. The molecule has 0 aromatic heterocycles. The molecule has 126 valence electrons. The van der Waals surface area contributed by atoms with Gasteiger partial charge in [-0.2, -0.15) is 0 Å². The fraction of sp³-hybridized carbons (Fsp3) is 0.500. The van der Waals surface area contributed by atoms with Crippen molar-refractivity contribution in [1.82, 2.24) is 9.80 Å². The largest absolute Gasteiger partial charge is 0.480 e. The Balaban J connectivity index is 2.01. The van der Waals surface area contributed by atoms with Crippen LogP contribution in [0.3, 0.4) is 0 Å². The van der Waals surface area contributed by atoms with Crippen LogP contribution in [0, 0.1) is 5.82 Å². The van der Waals surface area contributed by atoms with Gasteiger partial charge in [0.1, 0.15) is 5.82 Å². The van der Waals surface area contributed by atoms with Crippen LogP contribution < -0.4 is 0 Å². The Hall–Kier alpha value is -1.66. The molecular formula is C16H20ClFN2O3. The molecule has 5 nitrogen and oxygen atoms in total. The maximum atomic E-state index is 13.9. The van der Waals surface area contributed by atoms with Gasteiger partial charge in [0.25, 0.3) is 5.91 Å². The number of rotatable bonds is 5. The van der Waals surface area contributed by atoms with E-state index in [1.54, 1.807) is 4.90 Å². The molecule has 0 atom stereocenters. The zero-order valence-electron chi connectivity index (χ0n) is 13.0. The molecule has 0 aliphatic carbocycles. The molecule has 1 N–H and O–H groups in total. The third-order valence-electron chi connectivity index (χ3n) is 4.19. The second-order valence-corrected chi connectivity index (χ2v) is 5.98. The molecule has 0 unspecified atom stereocenters. The van der Waals surface area contributed by atoms with Crippen LogP contribution in [0.2, 0.25) is 5.02 Å². The fourth-order valence-electron chi connectivity index (χ4n) is 2.97. The van der Waals surface area contributed by atoms with Crippen molar-refractivity contribution >= 4 is 23.5 Å². The van der Waals surface area contributed by atoms with Gasteiger partial charge >= 0.3 is 5.97 Å². The summed E-state index contributed by atoms with van der Waals surface area (Å²) < 4.78 is 13.9. The number of amides is 1. The fourth-order valence-corrected chi connectivity index (χ4v) is 3.21. The van der Waals surface area contributed by atoms with E-state index in [1.807, 2.05) is 11.8 Å². The zero-order chi connectivity index (χ0) is 17.0. The number of likely N-dealkylation sites (tertiary alicyclic amines) is 1. The van der Waals surface area contributed by atoms with Crippen LogP contribution in [-0.2, 0) is 4.79 Å². The minimum absolute atomic E-state index is 0.00570. The Kier molecular flexibility index (Phi) is 5.96. The third-order valence-corrected chi connectivity index (χ3v) is 4.50. The molecule has 2 rings (SSSR count). The number of aliphatic carboxylic acids is 1. The summed E-state index contributed by atoms with van der Waals surface area (Å²) in [6.07, 6.45) is 1.33. The number of carboxylic acid groups (broad SMARTS) is 1. The molecule has 1 aromatic rings. The van der Waals surface area contributed by atoms with E-state index < -0.39 is 17.7 Å². The van der Waals surface area contributed by atoms with E-state index in [1.165, 1.54) is 18.2 Å². The van der Waals surface area contributed by atoms with Crippen molar-refractivity contribution in [2.45, 2.75) is 25.8 Å². The molecular weight excluding hydrogens is 323 g/mol. The average Bonchev–Trinajstić information content (AvgIpc) is 2.52. The van der Waals surface area contributed by atoms with Crippen molar-refractivity contribution in [3.63, 3.8) is 0 Å². The number of piperidine rings is 1. The van der Waals surface area contributed by atoms with Crippen molar-refractivity contribution in [1.29, 1.82) is 0 Å². The van der Waals surface area contributed by atoms with E-state index in [4.69, 9.17) is 16.7 Å². The lowest BCUT2D eigenvalue weighted by atomic mass is 10.0. The van der Waals surface area contributed by atoms with Gasteiger partial charge in [0.2, 0.25) is 0 Å². The van der Waals surface area contributed by atoms with Crippen LogP contribution >= 0.6 is 11.6 Å². The number of hydrogen-bond acceptors (Lipinski definition) is 3. The molecule has 7 heteroatoms. The molecule has 1 saturated heterocycles. The van der Waals surface area contributed by atoms with Gasteiger partial charge in [0.05, 0.1) is 17.1 Å². The Morgan fingerprint density at radius 3 is 2.57 bits per heavy atom. The van der Waals surface area contributed by atoms with Gasteiger partial charge in [-0.1, -0.05) is 24.6 Å². The summed E-state index contributed by atoms with van der Waals surface area (Å²) in [5.41, 5.74) is -0.0921. The van der Waals surface area contributed by atoms with E-state index in [9.17, 15) is 14.0 Å². The first-order valence-corrected chi connectivity index (χ1v) is 8.01. The standard InChI is InChI=1S/C16H20ClFN2O3/c1-2-19(10-14(21)22)11-6-8-20(9-7-11)16(23)15-12(17)4-3-5-13(15)18/h3-5,11H,2,6-10H2,1H3,(H,21,22). The monoisotopic (exact) mass is 342 g/mol. The molecule has 23 heavy (non-hydrogen) atoms. The Bertz CT molecular complexity index is 568. The van der Waals surface area contributed by atoms with E-state index in [0.29, 0.717) is 32.5 Å². The van der Waals surface area contributed by atoms with Crippen LogP contribution in [0.5, 0.6) is 0 Å². The van der Waals surface area contributed by atoms with Gasteiger partial charge in [-0.15, -0.1) is 0 Å². The molecule has 0 spiro atoms. The molecule has 1 aliphatic rings. The van der Waals surface area contributed by atoms with Crippen LogP contribution in [0.15, 0.2) is 18.2 Å². The Morgan fingerprint density at radius 2 is 2.04 bits per heavy atom. The highest BCUT2D eigenvalue weighted by molar-refractivity contribution is 6.33. The van der Waals surface area contributed by atoms with Gasteiger partial charge in [0, 0.05) is 19.1 Å². The van der Waals surface area contributed by atoms with Crippen molar-refractivity contribution in [2.24, 2.45) is 0 Å². The van der Waals surface area contributed by atoms with E-state index in [-0.39, 0.29) is 23.2 Å². The first-order chi connectivity index (χ1) is 10.9. The molecule has 1 heterocycles. The second-order valence-electron chi connectivity index (χ2n) is 5.58. The lowest BCUT2D eigenvalue weighted by molar-refractivity contribution is -0.139. The van der Waals surface area contributed by atoms with E-state index in [2.05, 4.69) is 0 Å². The molecule has 1 fully saturated rings. The first-order valence-electron chi connectivity index (χ1n) is 7.63. The number of benzene rings is 1. The maximum absolute atomic E-state index is 13.9. The Morgan fingerprint density at radius 1 is 1.39 bits per heavy atom. The molecule has 1 aromatic carbocycles. The predicted octanol–water partition coefficient (Wildman–Crippen LogP) is 2.49. The van der Waals surface area contributed by atoms with E-state index >= 15 is 0 Å². The first kappa shape index (κ1) is 17.7. The van der Waals surface area contributed by atoms with Crippen molar-refractivity contribution in [2.75, 3.05) is 26.2 Å². The summed E-state index contributed by atoms with van der Waals surface area (Å²) in [7, 11) is 0. The number of carbonyl (C=O) groups excluding carboxylic acids is 1.